The molecule has 2 heterocycles. The number of nitrogens with zero attached hydrogens (tertiary/aromatic N) is 4. The van der Waals surface area contributed by atoms with E-state index in [1.807, 2.05) is 32.0 Å². The predicted molar refractivity (Wildman–Crippen MR) is 174 cm³/mol. The second-order valence-electron chi connectivity index (χ2n) is 11.0. The highest BCUT2D eigenvalue weighted by atomic mass is 16.7. The van der Waals surface area contributed by atoms with E-state index in [9.17, 15) is 14.9 Å². The first kappa shape index (κ1) is 30.3. The van der Waals surface area contributed by atoms with Crippen LogP contribution in [0, 0.1) is 17.0 Å². The van der Waals surface area contributed by atoms with E-state index in [1.165, 1.54) is 17.0 Å². The first-order chi connectivity index (χ1) is 22.2. The molecule has 46 heavy (non-hydrogen) atoms. The summed E-state index contributed by atoms with van der Waals surface area (Å²) in [6.07, 6.45) is 1.39. The first-order valence-electron chi connectivity index (χ1n) is 14.9. The Morgan fingerprint density at radius 1 is 1.04 bits per heavy atom. The van der Waals surface area contributed by atoms with E-state index in [2.05, 4.69) is 18.9 Å². The van der Waals surface area contributed by atoms with Gasteiger partial charge in [0.25, 0.3) is 5.56 Å². The summed E-state index contributed by atoms with van der Waals surface area (Å²) in [5.41, 5.74) is 3.48. The van der Waals surface area contributed by atoms with Crippen LogP contribution in [-0.4, -0.2) is 34.2 Å². The quantitative estimate of drug-likeness (QED) is 0.0929. The molecular weight excluding hydrogens is 588 g/mol. The number of rotatable bonds is 10. The smallest absolute Gasteiger partial charge is 0.311 e. The van der Waals surface area contributed by atoms with Crippen LogP contribution in [0.25, 0.3) is 22.3 Å². The number of nitro benzene ring substituents is 1. The highest BCUT2D eigenvalue weighted by Gasteiger charge is 2.22. The molecule has 0 radical (unpaired) electrons. The molecule has 0 spiro atoms. The molecule has 11 heteroatoms. The Hall–Kier alpha value is -5.71. The van der Waals surface area contributed by atoms with Gasteiger partial charge in [-0.1, -0.05) is 38.1 Å². The Kier molecular flexibility index (Phi) is 8.39. The molecule has 5 aromatic rings. The van der Waals surface area contributed by atoms with Gasteiger partial charge >= 0.3 is 5.69 Å². The fourth-order valence-corrected chi connectivity index (χ4v) is 5.33. The molecule has 6 rings (SSSR count). The van der Waals surface area contributed by atoms with Crippen molar-refractivity contribution in [3.8, 4) is 34.4 Å². The van der Waals surface area contributed by atoms with Crippen LogP contribution < -0.4 is 24.5 Å². The second kappa shape index (κ2) is 12.7. The minimum atomic E-state index is -0.516. The van der Waals surface area contributed by atoms with Crippen LogP contribution in [0.3, 0.4) is 0 Å². The first-order valence-corrected chi connectivity index (χ1v) is 14.9. The Labute approximate surface area is 264 Å². The molecule has 0 fully saturated rings. The van der Waals surface area contributed by atoms with Gasteiger partial charge < -0.3 is 18.9 Å². The van der Waals surface area contributed by atoms with Crippen LogP contribution in [0.2, 0.25) is 0 Å². The number of ether oxygens (including phenoxy) is 4. The number of aromatic nitrogens is 2. The lowest BCUT2D eigenvalue weighted by molar-refractivity contribution is -0.385. The van der Waals surface area contributed by atoms with E-state index in [1.54, 1.807) is 48.5 Å². The van der Waals surface area contributed by atoms with Crippen LogP contribution in [0.4, 0.5) is 5.69 Å². The van der Waals surface area contributed by atoms with Crippen LogP contribution in [0.1, 0.15) is 48.9 Å². The number of para-hydroxylation sites is 2. The largest absolute Gasteiger partial charge is 0.494 e. The standard InChI is InChI=1S/C35H32N4O7/c1-5-43-31-15-22(4)27(17-26(31)21(2)3)34-37-28-11-7-6-10-25(28)35(40)38(34)36-18-24-9-8-12-29(39(41)42)33(24)44-19-23-13-14-30-32(16-23)46-20-45-30/h6-18,21H,5,19-20H2,1-4H3. The molecule has 0 saturated carbocycles. The van der Waals surface area contributed by atoms with Gasteiger partial charge in [0.1, 0.15) is 12.4 Å². The summed E-state index contributed by atoms with van der Waals surface area (Å²) in [4.78, 5) is 30.3. The molecule has 0 saturated heterocycles. The van der Waals surface area contributed by atoms with E-state index in [4.69, 9.17) is 23.9 Å². The van der Waals surface area contributed by atoms with Gasteiger partial charge in [-0.25, -0.2) is 4.98 Å². The van der Waals surface area contributed by atoms with Crippen molar-refractivity contribution in [3.63, 3.8) is 0 Å². The maximum Gasteiger partial charge on any atom is 0.311 e. The number of aryl methyl sites for hydroxylation is 1. The van der Waals surface area contributed by atoms with Crippen molar-refractivity contribution in [1.29, 1.82) is 0 Å². The normalized spacial score (nSPS) is 12.3. The van der Waals surface area contributed by atoms with E-state index < -0.39 is 4.92 Å². The Morgan fingerprint density at radius 2 is 1.85 bits per heavy atom. The Morgan fingerprint density at radius 3 is 2.63 bits per heavy atom. The summed E-state index contributed by atoms with van der Waals surface area (Å²) in [7, 11) is 0. The zero-order valence-electron chi connectivity index (χ0n) is 25.9. The molecular formula is C35H32N4O7. The number of benzene rings is 4. The van der Waals surface area contributed by atoms with Crippen molar-refractivity contribution < 1.29 is 23.9 Å². The molecule has 0 atom stereocenters. The van der Waals surface area contributed by atoms with Crippen LogP contribution >= 0.6 is 0 Å². The van der Waals surface area contributed by atoms with Gasteiger partial charge in [-0.3, -0.25) is 14.9 Å². The third-order valence-corrected chi connectivity index (χ3v) is 7.63. The minimum Gasteiger partial charge on any atom is -0.494 e. The van der Waals surface area contributed by atoms with Gasteiger partial charge in [0.2, 0.25) is 12.5 Å². The number of nitro groups is 1. The summed E-state index contributed by atoms with van der Waals surface area (Å²) >= 11 is 0. The third kappa shape index (κ3) is 5.86. The topological polar surface area (TPSA) is 127 Å². The fourth-order valence-electron chi connectivity index (χ4n) is 5.33. The molecule has 11 nitrogen and oxygen atoms in total. The van der Waals surface area contributed by atoms with Gasteiger partial charge in [0, 0.05) is 17.2 Å². The van der Waals surface area contributed by atoms with Gasteiger partial charge in [-0.2, -0.15) is 9.78 Å². The van der Waals surface area contributed by atoms with Crippen molar-refractivity contribution in [2.75, 3.05) is 13.4 Å². The molecule has 0 aliphatic carbocycles. The molecule has 234 valence electrons. The molecule has 1 aromatic heterocycles. The van der Waals surface area contributed by atoms with E-state index in [-0.39, 0.29) is 36.3 Å². The molecule has 0 N–H and O–H groups in total. The lowest BCUT2D eigenvalue weighted by Gasteiger charge is -2.18. The van der Waals surface area contributed by atoms with Gasteiger partial charge in [-0.05, 0) is 78.9 Å². The summed E-state index contributed by atoms with van der Waals surface area (Å²) in [6, 6.07) is 20.9. The zero-order chi connectivity index (χ0) is 32.4. The molecule has 0 amide bonds. The SMILES string of the molecule is CCOc1cc(C)c(-c2nc3ccccc3c(=O)n2N=Cc2cccc([N+](=O)[O-])c2OCc2ccc3c(c2)OCO3)cc1C(C)C. The average Bonchev–Trinajstić information content (AvgIpc) is 3.51. The number of hydrogen-bond acceptors (Lipinski definition) is 9. The lowest BCUT2D eigenvalue weighted by Crippen LogP contribution is -2.21. The summed E-state index contributed by atoms with van der Waals surface area (Å²) < 4.78 is 24.0. The van der Waals surface area contributed by atoms with E-state index >= 15 is 0 Å². The van der Waals surface area contributed by atoms with Crippen molar-refractivity contribution in [2.45, 2.75) is 40.2 Å². The van der Waals surface area contributed by atoms with Crippen LogP contribution in [0.5, 0.6) is 23.0 Å². The van der Waals surface area contributed by atoms with E-state index in [0.717, 1.165) is 22.4 Å². The Balaban J connectivity index is 1.46. The number of fused-ring (bicyclic) bond motifs is 2. The van der Waals surface area contributed by atoms with Crippen molar-refractivity contribution in [1.82, 2.24) is 9.66 Å². The highest BCUT2D eigenvalue weighted by Crippen LogP contribution is 2.36. The molecule has 4 aromatic carbocycles. The third-order valence-electron chi connectivity index (χ3n) is 7.63. The molecule has 1 aliphatic rings. The van der Waals surface area contributed by atoms with Crippen molar-refractivity contribution >= 4 is 22.8 Å². The lowest BCUT2D eigenvalue weighted by atomic mass is 9.96. The number of hydrogen-bond donors (Lipinski definition) is 0. The monoisotopic (exact) mass is 620 g/mol. The van der Waals surface area contributed by atoms with Gasteiger partial charge in [0.15, 0.2) is 17.3 Å². The minimum absolute atomic E-state index is 0.0107. The molecule has 0 bridgehead atoms. The van der Waals surface area contributed by atoms with Crippen LogP contribution in [-0.2, 0) is 6.61 Å². The van der Waals surface area contributed by atoms with Gasteiger partial charge in [0.05, 0.1) is 28.6 Å². The van der Waals surface area contributed by atoms with Crippen molar-refractivity contribution in [3.05, 3.63) is 116 Å². The Bertz CT molecular complexity index is 2050. The highest BCUT2D eigenvalue weighted by molar-refractivity contribution is 5.86. The van der Waals surface area contributed by atoms with Gasteiger partial charge in [-0.15, -0.1) is 0 Å². The molecule has 1 aliphatic heterocycles. The fraction of sp³-hybridized carbons (Fsp3) is 0.229. The zero-order valence-corrected chi connectivity index (χ0v) is 25.9. The van der Waals surface area contributed by atoms with Crippen molar-refractivity contribution in [2.24, 2.45) is 5.10 Å². The molecule has 0 unspecified atom stereocenters. The van der Waals surface area contributed by atoms with E-state index in [0.29, 0.717) is 46.0 Å². The maximum absolute atomic E-state index is 13.9. The van der Waals surface area contributed by atoms with Crippen LogP contribution in [0.15, 0.2) is 82.7 Å². The summed E-state index contributed by atoms with van der Waals surface area (Å²) in [5, 5.41) is 17.0. The average molecular weight is 621 g/mol. The summed E-state index contributed by atoms with van der Waals surface area (Å²) in [5.74, 6) is 2.45. The second-order valence-corrected chi connectivity index (χ2v) is 11.0. The summed E-state index contributed by atoms with van der Waals surface area (Å²) in [6.45, 7) is 8.68. The maximum atomic E-state index is 13.9. The predicted octanol–water partition coefficient (Wildman–Crippen LogP) is 6.99.